The number of hydrogen-bond acceptors (Lipinski definition) is 7. The first-order valence-corrected chi connectivity index (χ1v) is 12.4. The molecule has 0 spiro atoms. The van der Waals surface area contributed by atoms with E-state index in [1.807, 2.05) is 0 Å². The van der Waals surface area contributed by atoms with Crippen LogP contribution in [0, 0.1) is 0 Å². The lowest BCUT2D eigenvalue weighted by molar-refractivity contribution is -0.114. The van der Waals surface area contributed by atoms with Crippen LogP contribution < -0.4 is 10.1 Å². The number of ether oxygens (including phenoxy) is 1. The number of rotatable bonds is 6. The molecule has 1 saturated heterocycles. The summed E-state index contributed by atoms with van der Waals surface area (Å²) in [5.74, 6) is -0.182. The summed E-state index contributed by atoms with van der Waals surface area (Å²) in [5, 5.41) is 4.23. The molecule has 12 heteroatoms. The zero-order chi connectivity index (χ0) is 21.2. The number of piperazine rings is 1. The first kappa shape index (κ1) is 21.7. The lowest BCUT2D eigenvalue weighted by Gasteiger charge is -2.33. The minimum atomic E-state index is -3.95. The van der Waals surface area contributed by atoms with Gasteiger partial charge in [-0.25, -0.2) is 16.8 Å². The highest BCUT2D eigenvalue weighted by atomic mass is 32.2. The van der Waals surface area contributed by atoms with Crippen LogP contribution >= 0.6 is 11.3 Å². The lowest BCUT2D eigenvalue weighted by Crippen LogP contribution is -2.50. The fourth-order valence-electron chi connectivity index (χ4n) is 2.99. The van der Waals surface area contributed by atoms with E-state index in [2.05, 4.69) is 5.32 Å². The van der Waals surface area contributed by atoms with Crippen LogP contribution in [0.15, 0.2) is 44.8 Å². The Morgan fingerprint density at radius 3 is 2.17 bits per heavy atom. The van der Waals surface area contributed by atoms with Crippen molar-refractivity contribution in [2.75, 3.05) is 38.6 Å². The summed E-state index contributed by atoms with van der Waals surface area (Å²) in [4.78, 5) is 11.2. The molecule has 1 amide bonds. The molecule has 0 aliphatic carbocycles. The first-order chi connectivity index (χ1) is 13.7. The topological polar surface area (TPSA) is 113 Å². The third kappa shape index (κ3) is 4.46. The first-order valence-electron chi connectivity index (χ1n) is 8.65. The van der Waals surface area contributed by atoms with Gasteiger partial charge in [-0.05, 0) is 29.6 Å². The highest BCUT2D eigenvalue weighted by Gasteiger charge is 2.35. The number of carbonyl (C=O) groups excluding carboxylic acids is 1. The minimum absolute atomic E-state index is 0.0143. The molecule has 29 heavy (non-hydrogen) atoms. The van der Waals surface area contributed by atoms with E-state index in [0.717, 1.165) is 11.3 Å². The van der Waals surface area contributed by atoms with Crippen LogP contribution in [0.5, 0.6) is 5.75 Å². The third-order valence-electron chi connectivity index (χ3n) is 4.39. The molecule has 158 valence electrons. The van der Waals surface area contributed by atoms with Gasteiger partial charge in [0.1, 0.15) is 14.9 Å². The van der Waals surface area contributed by atoms with Gasteiger partial charge >= 0.3 is 0 Å². The molecule has 2 heterocycles. The van der Waals surface area contributed by atoms with Gasteiger partial charge in [0.25, 0.3) is 10.0 Å². The second-order valence-electron chi connectivity index (χ2n) is 6.29. The number of hydrogen-bond donors (Lipinski definition) is 1. The molecule has 1 fully saturated rings. The average molecular weight is 460 g/mol. The summed E-state index contributed by atoms with van der Waals surface area (Å²) in [5.41, 5.74) is 0.329. The molecular weight excluding hydrogens is 438 g/mol. The van der Waals surface area contributed by atoms with Gasteiger partial charge in [0.2, 0.25) is 15.9 Å². The second kappa shape index (κ2) is 8.40. The number of methoxy groups -OCH3 is 1. The third-order valence-corrected chi connectivity index (χ3v) is 9.58. The molecule has 1 aliphatic heterocycles. The maximum absolute atomic E-state index is 13.2. The van der Waals surface area contributed by atoms with Crippen molar-refractivity contribution in [3.05, 3.63) is 35.7 Å². The zero-order valence-corrected chi connectivity index (χ0v) is 18.3. The van der Waals surface area contributed by atoms with Crippen LogP contribution in [0.3, 0.4) is 0 Å². The van der Waals surface area contributed by atoms with Crippen LogP contribution in [0.2, 0.25) is 0 Å². The normalized spacial score (nSPS) is 16.5. The van der Waals surface area contributed by atoms with Crippen molar-refractivity contribution < 1.29 is 26.4 Å². The Labute approximate surface area is 174 Å². The van der Waals surface area contributed by atoms with Crippen LogP contribution in [-0.4, -0.2) is 64.6 Å². The summed E-state index contributed by atoms with van der Waals surface area (Å²) >= 11 is 1.13. The van der Waals surface area contributed by atoms with Gasteiger partial charge in [-0.2, -0.15) is 8.61 Å². The summed E-state index contributed by atoms with van der Waals surface area (Å²) in [6.45, 7) is 1.45. The van der Waals surface area contributed by atoms with Gasteiger partial charge in [-0.3, -0.25) is 4.79 Å². The van der Waals surface area contributed by atoms with E-state index in [0.29, 0.717) is 5.69 Å². The number of amides is 1. The highest BCUT2D eigenvalue weighted by molar-refractivity contribution is 7.91. The molecule has 0 bridgehead atoms. The summed E-state index contributed by atoms with van der Waals surface area (Å²) in [6.07, 6.45) is 0. The van der Waals surface area contributed by atoms with Crippen molar-refractivity contribution in [1.82, 2.24) is 8.61 Å². The standard InChI is InChI=1S/C17H21N3O6S3/c1-13(21)18-14-5-6-15(26-2)16(12-14)28(22,23)19-7-9-20(10-8-19)29(24,25)17-4-3-11-27-17/h3-6,11-12H,7-10H2,1-2H3,(H,18,21). The van der Waals surface area contributed by atoms with E-state index in [-0.39, 0.29) is 46.9 Å². The fourth-order valence-corrected chi connectivity index (χ4v) is 7.16. The maximum atomic E-state index is 13.2. The Balaban J connectivity index is 1.82. The largest absolute Gasteiger partial charge is 0.495 e. The van der Waals surface area contributed by atoms with Crippen molar-refractivity contribution in [3.8, 4) is 5.75 Å². The predicted molar refractivity (Wildman–Crippen MR) is 109 cm³/mol. The summed E-state index contributed by atoms with van der Waals surface area (Å²) in [6, 6.07) is 7.54. The van der Waals surface area contributed by atoms with E-state index in [4.69, 9.17) is 4.74 Å². The van der Waals surface area contributed by atoms with Gasteiger partial charge in [-0.1, -0.05) is 6.07 Å². The van der Waals surface area contributed by atoms with Gasteiger partial charge in [0.15, 0.2) is 0 Å². The Hall–Kier alpha value is -1.99. The Bertz CT molecular complexity index is 1090. The van der Waals surface area contributed by atoms with E-state index >= 15 is 0 Å². The highest BCUT2D eigenvalue weighted by Crippen LogP contribution is 2.31. The van der Waals surface area contributed by atoms with Crippen molar-refractivity contribution >= 4 is 43.0 Å². The fraction of sp³-hybridized carbons (Fsp3) is 0.353. The predicted octanol–water partition coefficient (Wildman–Crippen LogP) is 1.41. The molecule has 1 N–H and O–H groups in total. The summed E-state index contributed by atoms with van der Waals surface area (Å²) in [7, 11) is -6.22. The zero-order valence-electron chi connectivity index (χ0n) is 15.9. The van der Waals surface area contributed by atoms with Crippen molar-refractivity contribution in [2.24, 2.45) is 0 Å². The molecule has 1 aliphatic rings. The lowest BCUT2D eigenvalue weighted by atomic mass is 10.3. The molecule has 0 radical (unpaired) electrons. The maximum Gasteiger partial charge on any atom is 0.252 e. The monoisotopic (exact) mass is 459 g/mol. The molecule has 9 nitrogen and oxygen atoms in total. The van der Waals surface area contributed by atoms with Gasteiger partial charge in [-0.15, -0.1) is 11.3 Å². The molecule has 2 aromatic rings. The Morgan fingerprint density at radius 1 is 1.03 bits per heavy atom. The number of carbonyl (C=O) groups is 1. The van der Waals surface area contributed by atoms with E-state index in [1.165, 1.54) is 40.8 Å². The number of nitrogens with zero attached hydrogens (tertiary/aromatic N) is 2. The molecule has 3 rings (SSSR count). The van der Waals surface area contributed by atoms with Crippen LogP contribution in [0.25, 0.3) is 0 Å². The van der Waals surface area contributed by atoms with Gasteiger partial charge in [0, 0.05) is 38.8 Å². The van der Waals surface area contributed by atoms with Crippen molar-refractivity contribution in [1.29, 1.82) is 0 Å². The molecule has 0 unspecified atom stereocenters. The molecular formula is C17H21N3O6S3. The molecule has 1 aromatic heterocycles. The molecule has 0 saturated carbocycles. The number of nitrogens with one attached hydrogen (secondary N) is 1. The van der Waals surface area contributed by atoms with Crippen LogP contribution in [0.4, 0.5) is 5.69 Å². The smallest absolute Gasteiger partial charge is 0.252 e. The van der Waals surface area contributed by atoms with E-state index < -0.39 is 20.0 Å². The van der Waals surface area contributed by atoms with E-state index in [1.54, 1.807) is 17.5 Å². The Kier molecular flexibility index (Phi) is 6.29. The summed E-state index contributed by atoms with van der Waals surface area (Å²) < 4.78 is 59.5. The Morgan fingerprint density at radius 2 is 1.66 bits per heavy atom. The number of sulfonamides is 2. The van der Waals surface area contributed by atoms with Crippen molar-refractivity contribution in [2.45, 2.75) is 16.0 Å². The van der Waals surface area contributed by atoms with Gasteiger partial charge in [0.05, 0.1) is 7.11 Å². The van der Waals surface area contributed by atoms with Crippen molar-refractivity contribution in [3.63, 3.8) is 0 Å². The molecule has 0 atom stereocenters. The SMILES string of the molecule is COc1ccc(NC(C)=O)cc1S(=O)(=O)N1CCN(S(=O)(=O)c2cccs2)CC1. The average Bonchev–Trinajstić information content (AvgIpc) is 3.23. The van der Waals surface area contributed by atoms with Gasteiger partial charge < -0.3 is 10.1 Å². The van der Waals surface area contributed by atoms with E-state index in [9.17, 15) is 21.6 Å². The van der Waals surface area contributed by atoms with Crippen LogP contribution in [-0.2, 0) is 24.8 Å². The number of thiophene rings is 1. The quantitative estimate of drug-likeness (QED) is 0.699. The number of anilines is 1. The number of benzene rings is 1. The minimum Gasteiger partial charge on any atom is -0.495 e. The second-order valence-corrected chi connectivity index (χ2v) is 11.3. The van der Waals surface area contributed by atoms with Crippen LogP contribution in [0.1, 0.15) is 6.92 Å². The molecule has 1 aromatic carbocycles.